The first-order valence-corrected chi connectivity index (χ1v) is 8.36. The second-order valence-electron chi connectivity index (χ2n) is 6.02. The van der Waals surface area contributed by atoms with E-state index in [0.29, 0.717) is 0 Å². The number of anilines is 1. The summed E-state index contributed by atoms with van der Waals surface area (Å²) >= 11 is 0. The first-order valence-electron chi connectivity index (χ1n) is 8.36. The van der Waals surface area contributed by atoms with E-state index in [9.17, 15) is 0 Å². The molecular formula is C19H23N6+. The van der Waals surface area contributed by atoms with Crippen LogP contribution in [-0.4, -0.2) is 23.6 Å². The standard InChI is InChI=1S/C19H23N6/c1-23(2)18-9-7-17(8-10-18)21-22-19-6-3-4-13-25(19)14-5-12-24-15-11-20-16-24/h3-4,6-11,13,15-16H,5,12,14H2,1-2H3/q+1. The van der Waals surface area contributed by atoms with E-state index >= 15 is 0 Å². The zero-order valence-corrected chi connectivity index (χ0v) is 14.7. The van der Waals surface area contributed by atoms with Crippen LogP contribution in [0.25, 0.3) is 0 Å². The van der Waals surface area contributed by atoms with Gasteiger partial charge in [-0.25, -0.2) is 9.55 Å². The molecule has 0 aliphatic heterocycles. The number of nitrogens with zero attached hydrogens (tertiary/aromatic N) is 6. The molecule has 2 aromatic heterocycles. The number of hydrogen-bond donors (Lipinski definition) is 0. The molecule has 128 valence electrons. The second kappa shape index (κ2) is 8.19. The minimum absolute atomic E-state index is 0.847. The number of rotatable bonds is 7. The summed E-state index contributed by atoms with van der Waals surface area (Å²) in [5.74, 6) is 0.852. The first-order chi connectivity index (χ1) is 12.2. The Morgan fingerprint density at radius 1 is 1.08 bits per heavy atom. The van der Waals surface area contributed by atoms with Gasteiger partial charge >= 0.3 is 5.82 Å². The number of benzene rings is 1. The highest BCUT2D eigenvalue weighted by Crippen LogP contribution is 2.19. The molecule has 6 nitrogen and oxygen atoms in total. The minimum Gasteiger partial charge on any atom is -0.378 e. The molecule has 3 rings (SSSR count). The van der Waals surface area contributed by atoms with Gasteiger partial charge in [0, 0.05) is 51.2 Å². The van der Waals surface area contributed by atoms with Gasteiger partial charge in [0.2, 0.25) is 0 Å². The fourth-order valence-corrected chi connectivity index (χ4v) is 2.52. The van der Waals surface area contributed by atoms with Crippen molar-refractivity contribution in [3.05, 3.63) is 67.4 Å². The quantitative estimate of drug-likeness (QED) is 0.488. The maximum atomic E-state index is 4.42. The number of imidazole rings is 1. The molecule has 1 aromatic carbocycles. The highest BCUT2D eigenvalue weighted by atomic mass is 15.2. The van der Waals surface area contributed by atoms with Gasteiger partial charge < -0.3 is 9.47 Å². The molecule has 3 aromatic rings. The average molecular weight is 335 g/mol. The molecular weight excluding hydrogens is 312 g/mol. The van der Waals surface area contributed by atoms with Crippen molar-refractivity contribution in [3.63, 3.8) is 0 Å². The van der Waals surface area contributed by atoms with E-state index in [0.717, 1.165) is 36.7 Å². The van der Waals surface area contributed by atoms with E-state index in [-0.39, 0.29) is 0 Å². The lowest BCUT2D eigenvalue weighted by Crippen LogP contribution is -2.33. The molecule has 0 amide bonds. The molecule has 0 fully saturated rings. The molecule has 0 aliphatic rings. The van der Waals surface area contributed by atoms with Crippen molar-refractivity contribution in [2.75, 3.05) is 19.0 Å². The largest absolute Gasteiger partial charge is 0.378 e. The highest BCUT2D eigenvalue weighted by molar-refractivity contribution is 5.51. The molecule has 0 aliphatic carbocycles. The molecule has 25 heavy (non-hydrogen) atoms. The normalized spacial score (nSPS) is 11.1. The van der Waals surface area contributed by atoms with Crippen LogP contribution in [0.5, 0.6) is 0 Å². The van der Waals surface area contributed by atoms with Crippen LogP contribution in [0.3, 0.4) is 0 Å². The predicted octanol–water partition coefficient (Wildman–Crippen LogP) is 3.74. The summed E-state index contributed by atoms with van der Waals surface area (Å²) in [6.07, 6.45) is 8.67. The first kappa shape index (κ1) is 16.8. The van der Waals surface area contributed by atoms with Crippen molar-refractivity contribution >= 4 is 17.2 Å². The summed E-state index contributed by atoms with van der Waals surface area (Å²) in [5.41, 5.74) is 1.99. The third-order valence-electron chi connectivity index (χ3n) is 3.93. The SMILES string of the molecule is CN(C)c1ccc(N=Nc2cccc[n+]2CCCn2ccnc2)cc1. The summed E-state index contributed by atoms with van der Waals surface area (Å²) in [4.78, 5) is 6.13. The van der Waals surface area contributed by atoms with Crippen molar-refractivity contribution in [2.45, 2.75) is 19.5 Å². The number of aryl methyl sites for hydroxylation is 2. The maximum absolute atomic E-state index is 4.42. The number of pyridine rings is 1. The third-order valence-corrected chi connectivity index (χ3v) is 3.93. The van der Waals surface area contributed by atoms with Gasteiger partial charge in [0.05, 0.1) is 24.2 Å². The van der Waals surface area contributed by atoms with Crippen molar-refractivity contribution in [1.29, 1.82) is 0 Å². The van der Waals surface area contributed by atoms with Crippen molar-refractivity contribution < 1.29 is 4.57 Å². The monoisotopic (exact) mass is 335 g/mol. The van der Waals surface area contributed by atoms with Crippen LogP contribution in [0.15, 0.2) is 77.6 Å². The fraction of sp³-hybridized carbons (Fsp3) is 0.263. The number of hydrogen-bond acceptors (Lipinski definition) is 4. The van der Waals surface area contributed by atoms with Gasteiger partial charge in [0.1, 0.15) is 5.69 Å². The van der Waals surface area contributed by atoms with Gasteiger partial charge in [-0.3, -0.25) is 0 Å². The van der Waals surface area contributed by atoms with Crippen molar-refractivity contribution in [2.24, 2.45) is 10.2 Å². The fourth-order valence-electron chi connectivity index (χ4n) is 2.52. The molecule has 2 heterocycles. The van der Waals surface area contributed by atoms with E-state index in [4.69, 9.17) is 0 Å². The molecule has 0 radical (unpaired) electrons. The van der Waals surface area contributed by atoms with E-state index < -0.39 is 0 Å². The second-order valence-corrected chi connectivity index (χ2v) is 6.02. The summed E-state index contributed by atoms with van der Waals surface area (Å²) in [5, 5.41) is 8.79. The molecule has 0 saturated heterocycles. The van der Waals surface area contributed by atoms with Crippen LogP contribution >= 0.6 is 0 Å². The van der Waals surface area contributed by atoms with Crippen LogP contribution in [0, 0.1) is 0 Å². The molecule has 0 atom stereocenters. The van der Waals surface area contributed by atoms with E-state index in [1.54, 1.807) is 6.20 Å². The van der Waals surface area contributed by atoms with Gasteiger partial charge in [-0.15, -0.1) is 0 Å². The Morgan fingerprint density at radius 2 is 1.92 bits per heavy atom. The Balaban J connectivity index is 1.65. The summed E-state index contributed by atoms with van der Waals surface area (Å²) in [6.45, 7) is 1.82. The zero-order chi connectivity index (χ0) is 17.5. The predicted molar refractivity (Wildman–Crippen MR) is 98.4 cm³/mol. The minimum atomic E-state index is 0.847. The molecule has 0 spiro atoms. The van der Waals surface area contributed by atoms with Gasteiger partial charge in [0.15, 0.2) is 0 Å². The van der Waals surface area contributed by atoms with E-state index in [1.165, 1.54) is 0 Å². The van der Waals surface area contributed by atoms with Crippen LogP contribution in [0.2, 0.25) is 0 Å². The summed E-state index contributed by atoms with van der Waals surface area (Å²) in [6, 6.07) is 14.0. The average Bonchev–Trinajstić information content (AvgIpc) is 3.15. The number of azo groups is 1. The molecule has 6 heteroatoms. The lowest BCUT2D eigenvalue weighted by molar-refractivity contribution is -0.685. The molecule has 0 bridgehead atoms. The van der Waals surface area contributed by atoms with Crippen LogP contribution in [0.1, 0.15) is 6.42 Å². The van der Waals surface area contributed by atoms with Gasteiger partial charge in [-0.05, 0) is 35.4 Å². The van der Waals surface area contributed by atoms with Crippen LogP contribution < -0.4 is 9.47 Å². The Bertz CT molecular complexity index is 806. The Morgan fingerprint density at radius 3 is 2.64 bits per heavy atom. The van der Waals surface area contributed by atoms with Gasteiger partial charge in [-0.1, -0.05) is 6.07 Å². The third kappa shape index (κ3) is 4.73. The van der Waals surface area contributed by atoms with Crippen molar-refractivity contribution in [1.82, 2.24) is 9.55 Å². The topological polar surface area (TPSA) is 49.7 Å². The molecule has 0 saturated carbocycles. The number of aromatic nitrogens is 3. The van der Waals surface area contributed by atoms with E-state index in [2.05, 4.69) is 29.2 Å². The van der Waals surface area contributed by atoms with Crippen LogP contribution in [-0.2, 0) is 13.1 Å². The highest BCUT2D eigenvalue weighted by Gasteiger charge is 2.08. The molecule has 0 unspecified atom stereocenters. The van der Waals surface area contributed by atoms with Crippen molar-refractivity contribution in [3.8, 4) is 0 Å². The van der Waals surface area contributed by atoms with Gasteiger partial charge in [0.25, 0.3) is 0 Å². The Kier molecular flexibility index (Phi) is 5.51. The zero-order valence-electron chi connectivity index (χ0n) is 14.7. The Hall–Kier alpha value is -3.02. The van der Waals surface area contributed by atoms with E-state index in [1.807, 2.05) is 75.3 Å². The lowest BCUT2D eigenvalue weighted by atomic mass is 10.3. The molecule has 0 N–H and O–H groups in total. The summed E-state index contributed by atoms with van der Waals surface area (Å²) in [7, 11) is 4.04. The lowest BCUT2D eigenvalue weighted by Gasteiger charge is -2.11. The van der Waals surface area contributed by atoms with Gasteiger partial charge in [-0.2, -0.15) is 0 Å². The smallest absolute Gasteiger partial charge is 0.350 e. The Labute approximate surface area is 148 Å². The maximum Gasteiger partial charge on any atom is 0.350 e. The van der Waals surface area contributed by atoms with Crippen LogP contribution in [0.4, 0.5) is 17.2 Å². The summed E-state index contributed by atoms with van der Waals surface area (Å²) < 4.78 is 4.20.